The number of carbonyl (C=O) groups excluding carboxylic acids is 1. The summed E-state index contributed by atoms with van der Waals surface area (Å²) in [6.45, 7) is 4.47. The van der Waals surface area contributed by atoms with Crippen molar-refractivity contribution in [3.05, 3.63) is 89.1 Å². The molecule has 0 fully saturated rings. The second-order valence-corrected chi connectivity index (χ2v) is 9.37. The zero-order chi connectivity index (χ0) is 25.2. The Morgan fingerprint density at radius 1 is 1.11 bits per heavy atom. The molecular weight excluding hydrogens is 450 g/mol. The van der Waals surface area contributed by atoms with Crippen molar-refractivity contribution in [3.8, 4) is 0 Å². The fourth-order valence-corrected chi connectivity index (χ4v) is 4.85. The maximum atomic E-state index is 13.0. The van der Waals surface area contributed by atoms with Crippen LogP contribution in [-0.2, 0) is 11.2 Å². The van der Waals surface area contributed by atoms with Crippen molar-refractivity contribution in [3.63, 3.8) is 0 Å². The number of anilines is 1. The van der Waals surface area contributed by atoms with Crippen LogP contribution in [0.4, 0.5) is 5.69 Å². The molecule has 8 heteroatoms. The Balaban J connectivity index is 1.34. The van der Waals surface area contributed by atoms with Crippen LogP contribution >= 0.6 is 0 Å². The lowest BCUT2D eigenvalue weighted by Crippen LogP contribution is -2.29. The normalized spacial score (nSPS) is 12.2. The molecule has 0 bridgehead atoms. The standard InChI is InChI=1S/C28H31N7O/c1-18-22(19(2)35-28(33-18)31-17-32-35)13-14-27(36)30-15-24(20-9-11-21(12-10-20)34(3)4)25-16-29-26-8-6-5-7-23(25)26/h5-12,16-17,24,29H,13-15H2,1-4H3,(H,30,36). The molecule has 36 heavy (non-hydrogen) atoms. The van der Waals surface area contributed by atoms with E-state index < -0.39 is 0 Å². The van der Waals surface area contributed by atoms with Gasteiger partial charge in [-0.1, -0.05) is 30.3 Å². The van der Waals surface area contributed by atoms with Crippen LogP contribution in [0.15, 0.2) is 61.1 Å². The highest BCUT2D eigenvalue weighted by Gasteiger charge is 2.20. The summed E-state index contributed by atoms with van der Waals surface area (Å²) in [6.07, 6.45) is 4.54. The average molecular weight is 482 g/mol. The number of rotatable bonds is 8. The second-order valence-electron chi connectivity index (χ2n) is 9.37. The van der Waals surface area contributed by atoms with Crippen LogP contribution < -0.4 is 10.2 Å². The lowest BCUT2D eigenvalue weighted by Gasteiger charge is -2.20. The fourth-order valence-electron chi connectivity index (χ4n) is 4.85. The number of aromatic amines is 1. The minimum Gasteiger partial charge on any atom is -0.378 e. The first-order valence-corrected chi connectivity index (χ1v) is 12.2. The largest absolute Gasteiger partial charge is 0.378 e. The third-order valence-corrected chi connectivity index (χ3v) is 6.90. The number of para-hydroxylation sites is 1. The van der Waals surface area contributed by atoms with Crippen molar-refractivity contribution in [1.82, 2.24) is 29.9 Å². The highest BCUT2D eigenvalue weighted by molar-refractivity contribution is 5.84. The zero-order valence-electron chi connectivity index (χ0n) is 21.1. The molecular formula is C28H31N7O. The number of aryl methyl sites for hydroxylation is 2. The molecule has 0 spiro atoms. The molecule has 0 aliphatic heterocycles. The summed E-state index contributed by atoms with van der Waals surface area (Å²) in [4.78, 5) is 27.1. The number of hydrogen-bond acceptors (Lipinski definition) is 5. The highest BCUT2D eigenvalue weighted by atomic mass is 16.1. The van der Waals surface area contributed by atoms with E-state index in [2.05, 4.69) is 78.9 Å². The van der Waals surface area contributed by atoms with Gasteiger partial charge < -0.3 is 15.2 Å². The molecule has 3 aromatic heterocycles. The maximum Gasteiger partial charge on any atom is 0.252 e. The summed E-state index contributed by atoms with van der Waals surface area (Å²) in [5.41, 5.74) is 7.48. The van der Waals surface area contributed by atoms with E-state index >= 15 is 0 Å². The minimum absolute atomic E-state index is 0.0160. The summed E-state index contributed by atoms with van der Waals surface area (Å²) in [7, 11) is 4.07. The predicted octanol–water partition coefficient (Wildman–Crippen LogP) is 4.17. The van der Waals surface area contributed by atoms with Crippen molar-refractivity contribution >= 4 is 28.3 Å². The van der Waals surface area contributed by atoms with Gasteiger partial charge in [0, 0.05) is 67.2 Å². The van der Waals surface area contributed by atoms with Crippen LogP contribution in [0.2, 0.25) is 0 Å². The van der Waals surface area contributed by atoms with E-state index in [9.17, 15) is 4.79 Å². The van der Waals surface area contributed by atoms with Crippen LogP contribution in [0.1, 0.15) is 40.4 Å². The van der Waals surface area contributed by atoms with Crippen molar-refractivity contribution in [1.29, 1.82) is 0 Å². The molecule has 3 heterocycles. The van der Waals surface area contributed by atoms with Gasteiger partial charge in [0.1, 0.15) is 6.33 Å². The second kappa shape index (κ2) is 9.81. The van der Waals surface area contributed by atoms with Crippen molar-refractivity contribution < 1.29 is 4.79 Å². The summed E-state index contributed by atoms with van der Waals surface area (Å²) in [6, 6.07) is 16.8. The molecule has 1 atom stereocenters. The monoisotopic (exact) mass is 481 g/mol. The number of benzene rings is 2. The number of nitrogens with zero attached hydrogens (tertiary/aromatic N) is 5. The highest BCUT2D eigenvalue weighted by Crippen LogP contribution is 2.31. The predicted molar refractivity (Wildman–Crippen MR) is 142 cm³/mol. The molecule has 2 aromatic carbocycles. The van der Waals surface area contributed by atoms with Crippen LogP contribution in [-0.4, -0.2) is 51.1 Å². The van der Waals surface area contributed by atoms with Gasteiger partial charge in [0.15, 0.2) is 0 Å². The molecule has 1 amide bonds. The number of aromatic nitrogens is 5. The third-order valence-electron chi connectivity index (χ3n) is 6.90. The number of nitrogens with one attached hydrogen (secondary N) is 2. The van der Waals surface area contributed by atoms with Crippen molar-refractivity contribution in [2.45, 2.75) is 32.6 Å². The van der Waals surface area contributed by atoms with E-state index in [4.69, 9.17) is 0 Å². The van der Waals surface area contributed by atoms with E-state index in [-0.39, 0.29) is 11.8 Å². The SMILES string of the molecule is Cc1nc2ncnn2c(C)c1CCC(=O)NCC(c1ccc(N(C)C)cc1)c1c[nH]c2ccccc12. The van der Waals surface area contributed by atoms with Crippen LogP contribution in [0.3, 0.4) is 0 Å². The maximum absolute atomic E-state index is 13.0. The smallest absolute Gasteiger partial charge is 0.252 e. The first-order chi connectivity index (χ1) is 17.4. The van der Waals surface area contributed by atoms with Crippen LogP contribution in [0, 0.1) is 13.8 Å². The number of carbonyl (C=O) groups is 1. The fraction of sp³-hybridized carbons (Fsp3) is 0.286. The summed E-state index contributed by atoms with van der Waals surface area (Å²) in [5, 5.41) is 8.61. The average Bonchev–Trinajstić information content (AvgIpc) is 3.52. The molecule has 0 radical (unpaired) electrons. The molecule has 0 saturated heterocycles. The molecule has 184 valence electrons. The van der Waals surface area contributed by atoms with E-state index in [0.29, 0.717) is 25.2 Å². The molecule has 0 aliphatic rings. The van der Waals surface area contributed by atoms with Crippen molar-refractivity contribution in [2.75, 3.05) is 25.5 Å². The first kappa shape index (κ1) is 23.5. The summed E-state index contributed by atoms with van der Waals surface area (Å²) < 4.78 is 1.73. The Hall–Kier alpha value is -4.20. The lowest BCUT2D eigenvalue weighted by atomic mass is 9.90. The van der Waals surface area contributed by atoms with Crippen molar-refractivity contribution in [2.24, 2.45) is 0 Å². The lowest BCUT2D eigenvalue weighted by molar-refractivity contribution is -0.121. The van der Waals surface area contributed by atoms with Gasteiger partial charge in [-0.15, -0.1) is 0 Å². The molecule has 1 unspecified atom stereocenters. The number of hydrogen-bond donors (Lipinski definition) is 2. The Morgan fingerprint density at radius 2 is 1.89 bits per heavy atom. The summed E-state index contributed by atoms with van der Waals surface area (Å²) in [5.74, 6) is 0.625. The minimum atomic E-state index is 0.0160. The first-order valence-electron chi connectivity index (χ1n) is 12.2. The van der Waals surface area contributed by atoms with E-state index in [0.717, 1.165) is 33.7 Å². The van der Waals surface area contributed by atoms with Gasteiger partial charge in [0.05, 0.1) is 0 Å². The van der Waals surface area contributed by atoms with Gasteiger partial charge in [-0.3, -0.25) is 4.79 Å². The van der Waals surface area contributed by atoms with Crippen LogP contribution in [0.25, 0.3) is 16.7 Å². The van der Waals surface area contributed by atoms with Gasteiger partial charge in [0.2, 0.25) is 5.91 Å². The Morgan fingerprint density at radius 3 is 2.67 bits per heavy atom. The topological polar surface area (TPSA) is 91.2 Å². The number of H-pyrrole nitrogens is 1. The molecule has 0 saturated carbocycles. The summed E-state index contributed by atoms with van der Waals surface area (Å²) >= 11 is 0. The Labute approximate surface area is 210 Å². The van der Waals surface area contributed by atoms with Crippen LogP contribution in [0.5, 0.6) is 0 Å². The van der Waals surface area contributed by atoms with Gasteiger partial charge in [-0.05, 0) is 55.2 Å². The molecule has 2 N–H and O–H groups in total. The number of fused-ring (bicyclic) bond motifs is 2. The van der Waals surface area contributed by atoms with Gasteiger partial charge in [0.25, 0.3) is 5.78 Å². The zero-order valence-corrected chi connectivity index (χ0v) is 21.1. The van der Waals surface area contributed by atoms with Gasteiger partial charge in [-0.2, -0.15) is 10.1 Å². The Kier molecular flexibility index (Phi) is 6.41. The Bertz CT molecular complexity index is 1510. The molecule has 8 nitrogen and oxygen atoms in total. The quantitative estimate of drug-likeness (QED) is 0.347. The van der Waals surface area contributed by atoms with E-state index in [1.807, 2.05) is 34.0 Å². The number of amides is 1. The molecule has 5 aromatic rings. The van der Waals surface area contributed by atoms with Gasteiger partial charge in [-0.25, -0.2) is 9.50 Å². The van der Waals surface area contributed by atoms with E-state index in [1.165, 1.54) is 17.3 Å². The third kappa shape index (κ3) is 4.54. The molecule has 0 aliphatic carbocycles. The van der Waals surface area contributed by atoms with Gasteiger partial charge >= 0.3 is 0 Å². The molecule has 5 rings (SSSR count). The van der Waals surface area contributed by atoms with E-state index in [1.54, 1.807) is 4.52 Å².